The van der Waals surface area contributed by atoms with Gasteiger partial charge in [-0.25, -0.2) is 0 Å². The Morgan fingerprint density at radius 1 is 1.08 bits per heavy atom. The zero-order valence-electron chi connectivity index (χ0n) is 13.1. The van der Waals surface area contributed by atoms with Crippen molar-refractivity contribution in [3.05, 3.63) is 53.7 Å². The Hall–Kier alpha value is -2.51. The predicted octanol–water partition coefficient (Wildman–Crippen LogP) is 2.73. The van der Waals surface area contributed by atoms with Gasteiger partial charge < -0.3 is 9.64 Å². The summed E-state index contributed by atoms with van der Waals surface area (Å²) in [6.07, 6.45) is 3.47. The van der Waals surface area contributed by atoms with E-state index >= 15 is 0 Å². The highest BCUT2D eigenvalue weighted by atomic mass is 32.1. The number of anilines is 1. The SMILES string of the molecule is C(=N/n1cnnc1-c1ccccc1)/c1ccc(N2CCOCC2)s1. The van der Waals surface area contributed by atoms with E-state index in [1.54, 1.807) is 22.3 Å². The molecule has 24 heavy (non-hydrogen) atoms. The van der Waals surface area contributed by atoms with Gasteiger partial charge >= 0.3 is 0 Å². The van der Waals surface area contributed by atoms with Crippen molar-refractivity contribution in [1.82, 2.24) is 14.9 Å². The van der Waals surface area contributed by atoms with Crippen molar-refractivity contribution in [2.45, 2.75) is 0 Å². The van der Waals surface area contributed by atoms with Gasteiger partial charge in [-0.15, -0.1) is 21.5 Å². The number of thiophene rings is 1. The van der Waals surface area contributed by atoms with Gasteiger partial charge in [-0.3, -0.25) is 0 Å². The molecule has 0 amide bonds. The molecule has 3 aromatic rings. The fourth-order valence-electron chi connectivity index (χ4n) is 2.58. The Kier molecular flexibility index (Phi) is 4.35. The number of rotatable bonds is 4. The molecule has 0 atom stereocenters. The van der Waals surface area contributed by atoms with Gasteiger partial charge in [-0.05, 0) is 12.1 Å². The van der Waals surface area contributed by atoms with Gasteiger partial charge in [0, 0.05) is 23.5 Å². The lowest BCUT2D eigenvalue weighted by atomic mass is 10.2. The van der Waals surface area contributed by atoms with E-state index in [0.717, 1.165) is 42.6 Å². The Bertz CT molecular complexity index is 820. The van der Waals surface area contributed by atoms with Crippen LogP contribution in [0.25, 0.3) is 11.4 Å². The molecule has 0 saturated carbocycles. The predicted molar refractivity (Wildman–Crippen MR) is 95.8 cm³/mol. The van der Waals surface area contributed by atoms with E-state index in [9.17, 15) is 0 Å². The minimum absolute atomic E-state index is 0.733. The highest BCUT2D eigenvalue weighted by molar-refractivity contribution is 7.17. The van der Waals surface area contributed by atoms with Crippen molar-refractivity contribution >= 4 is 22.6 Å². The van der Waals surface area contributed by atoms with Crippen molar-refractivity contribution in [1.29, 1.82) is 0 Å². The van der Waals surface area contributed by atoms with Crippen LogP contribution in [-0.2, 0) is 4.74 Å². The molecule has 1 aromatic carbocycles. The van der Waals surface area contributed by atoms with E-state index in [-0.39, 0.29) is 0 Å². The number of hydrogen-bond donors (Lipinski definition) is 0. The lowest BCUT2D eigenvalue weighted by molar-refractivity contribution is 0.123. The largest absolute Gasteiger partial charge is 0.378 e. The fraction of sp³-hybridized carbons (Fsp3) is 0.235. The zero-order chi connectivity index (χ0) is 16.2. The number of morpholine rings is 1. The molecule has 1 aliphatic rings. The molecule has 122 valence electrons. The van der Waals surface area contributed by atoms with E-state index in [0.29, 0.717) is 0 Å². The zero-order valence-corrected chi connectivity index (χ0v) is 13.9. The van der Waals surface area contributed by atoms with Crippen molar-refractivity contribution in [3.63, 3.8) is 0 Å². The summed E-state index contributed by atoms with van der Waals surface area (Å²) in [7, 11) is 0. The van der Waals surface area contributed by atoms with E-state index < -0.39 is 0 Å². The van der Waals surface area contributed by atoms with Crippen LogP contribution >= 0.6 is 11.3 Å². The van der Waals surface area contributed by atoms with Crippen LogP contribution in [0.4, 0.5) is 5.00 Å². The molecule has 1 saturated heterocycles. The molecule has 7 heteroatoms. The van der Waals surface area contributed by atoms with Crippen LogP contribution in [0.1, 0.15) is 4.88 Å². The summed E-state index contributed by atoms with van der Waals surface area (Å²) < 4.78 is 7.10. The normalized spacial score (nSPS) is 15.2. The van der Waals surface area contributed by atoms with Gasteiger partial charge in [0.1, 0.15) is 6.33 Å². The maximum atomic E-state index is 5.40. The van der Waals surface area contributed by atoms with Gasteiger partial charge in [0.25, 0.3) is 0 Å². The molecular weight excluding hydrogens is 322 g/mol. The molecule has 3 heterocycles. The Morgan fingerprint density at radius 2 is 1.92 bits per heavy atom. The van der Waals surface area contributed by atoms with Crippen LogP contribution in [0.15, 0.2) is 53.9 Å². The maximum absolute atomic E-state index is 5.40. The Morgan fingerprint density at radius 3 is 2.75 bits per heavy atom. The molecular formula is C17H17N5OS. The quantitative estimate of drug-likeness (QED) is 0.686. The molecule has 1 aliphatic heterocycles. The monoisotopic (exact) mass is 339 g/mol. The molecule has 0 spiro atoms. The van der Waals surface area contributed by atoms with Crippen LogP contribution in [-0.4, -0.2) is 47.4 Å². The third-order valence-corrected chi connectivity index (χ3v) is 4.89. The van der Waals surface area contributed by atoms with Crippen molar-refractivity contribution in [3.8, 4) is 11.4 Å². The highest BCUT2D eigenvalue weighted by Crippen LogP contribution is 2.26. The minimum Gasteiger partial charge on any atom is -0.378 e. The lowest BCUT2D eigenvalue weighted by Gasteiger charge is -2.27. The first kappa shape index (κ1) is 15.0. The summed E-state index contributed by atoms with van der Waals surface area (Å²) in [6.45, 7) is 3.48. The van der Waals surface area contributed by atoms with E-state index in [1.807, 2.05) is 36.5 Å². The van der Waals surface area contributed by atoms with Gasteiger partial charge in [0.05, 0.1) is 24.4 Å². The number of nitrogens with zero attached hydrogens (tertiary/aromatic N) is 5. The summed E-state index contributed by atoms with van der Waals surface area (Å²) in [5.74, 6) is 0.733. The van der Waals surface area contributed by atoms with Gasteiger partial charge in [-0.2, -0.15) is 9.78 Å². The Labute approximate surface area is 144 Å². The van der Waals surface area contributed by atoms with Crippen LogP contribution in [0.5, 0.6) is 0 Å². The molecule has 4 rings (SSSR count). The summed E-state index contributed by atoms with van der Waals surface area (Å²) in [5, 5.41) is 13.9. The Balaban J connectivity index is 1.52. The summed E-state index contributed by atoms with van der Waals surface area (Å²) >= 11 is 1.73. The highest BCUT2D eigenvalue weighted by Gasteiger charge is 2.12. The second-order valence-corrected chi connectivity index (χ2v) is 6.48. The average Bonchev–Trinajstić information content (AvgIpc) is 3.31. The first-order chi connectivity index (χ1) is 11.9. The number of benzene rings is 1. The van der Waals surface area contributed by atoms with E-state index in [2.05, 4.69) is 32.3 Å². The number of hydrogen-bond acceptors (Lipinski definition) is 6. The fourth-order valence-corrected chi connectivity index (χ4v) is 3.50. The maximum Gasteiger partial charge on any atom is 0.184 e. The molecule has 0 aliphatic carbocycles. The van der Waals surface area contributed by atoms with Gasteiger partial charge in [-0.1, -0.05) is 30.3 Å². The first-order valence-electron chi connectivity index (χ1n) is 7.82. The van der Waals surface area contributed by atoms with Crippen molar-refractivity contribution in [2.75, 3.05) is 31.2 Å². The second-order valence-electron chi connectivity index (χ2n) is 5.39. The molecule has 6 nitrogen and oxygen atoms in total. The number of aromatic nitrogens is 3. The standard InChI is InChI=1S/C17H17N5OS/c1-2-4-14(5-3-1)17-20-18-13-22(17)19-12-15-6-7-16(24-15)21-8-10-23-11-9-21/h1-7,12-13H,8-11H2/b19-12-. The van der Waals surface area contributed by atoms with E-state index in [1.165, 1.54) is 5.00 Å². The van der Waals surface area contributed by atoms with Crippen molar-refractivity contribution < 1.29 is 4.74 Å². The topological polar surface area (TPSA) is 55.5 Å². The van der Waals surface area contributed by atoms with Crippen LogP contribution in [0, 0.1) is 0 Å². The molecule has 0 bridgehead atoms. The lowest BCUT2D eigenvalue weighted by Crippen LogP contribution is -2.35. The third kappa shape index (κ3) is 3.22. The minimum atomic E-state index is 0.733. The third-order valence-electron chi connectivity index (χ3n) is 3.81. The van der Waals surface area contributed by atoms with Crippen LogP contribution in [0.2, 0.25) is 0 Å². The molecule has 0 unspecified atom stereocenters. The molecule has 1 fully saturated rings. The summed E-state index contributed by atoms with van der Waals surface area (Å²) in [5.41, 5.74) is 0.993. The smallest absolute Gasteiger partial charge is 0.184 e. The molecule has 0 radical (unpaired) electrons. The van der Waals surface area contributed by atoms with Gasteiger partial charge in [0.15, 0.2) is 5.82 Å². The first-order valence-corrected chi connectivity index (χ1v) is 8.64. The number of ether oxygens (including phenoxy) is 1. The summed E-state index contributed by atoms with van der Waals surface area (Å²) in [6, 6.07) is 14.2. The van der Waals surface area contributed by atoms with Gasteiger partial charge in [0.2, 0.25) is 0 Å². The van der Waals surface area contributed by atoms with E-state index in [4.69, 9.17) is 4.74 Å². The molecule has 2 aromatic heterocycles. The van der Waals surface area contributed by atoms with Crippen LogP contribution < -0.4 is 4.90 Å². The molecule has 0 N–H and O–H groups in total. The second kappa shape index (κ2) is 6.94. The summed E-state index contributed by atoms with van der Waals surface area (Å²) in [4.78, 5) is 3.45. The van der Waals surface area contributed by atoms with Crippen molar-refractivity contribution in [2.24, 2.45) is 5.10 Å². The van der Waals surface area contributed by atoms with Crippen LogP contribution in [0.3, 0.4) is 0 Å². The average molecular weight is 339 g/mol.